The highest BCUT2D eigenvalue weighted by atomic mass is 35.5. The summed E-state index contributed by atoms with van der Waals surface area (Å²) in [6.07, 6.45) is 0.504. The molecule has 0 unspecified atom stereocenters. The average molecular weight is 390 g/mol. The Kier molecular flexibility index (Phi) is 7.37. The molecule has 0 aliphatic carbocycles. The standard InChI is InChI=1S/C20H21ClFN3O2/c1-13(23)24-9-8-15-4-2-3-5-16(15)12-25-20(27)19(26)11-14-6-7-17(21)18(22)10-14/h2-7,10,24H,1,8-9,11-12,23H2,(H,25,27). The molecule has 27 heavy (non-hydrogen) atoms. The normalized spacial score (nSPS) is 10.3. The van der Waals surface area contributed by atoms with Gasteiger partial charge in [-0.15, -0.1) is 0 Å². The molecule has 142 valence electrons. The molecule has 2 rings (SSSR count). The second-order valence-electron chi connectivity index (χ2n) is 6.00. The fraction of sp³-hybridized carbons (Fsp3) is 0.200. The monoisotopic (exact) mass is 389 g/mol. The number of Topliss-reactive ketones (excluding diaryl/α,β-unsaturated/α-hetero) is 1. The summed E-state index contributed by atoms with van der Waals surface area (Å²) < 4.78 is 13.4. The summed E-state index contributed by atoms with van der Waals surface area (Å²) >= 11 is 5.61. The third kappa shape index (κ3) is 6.42. The second kappa shape index (κ2) is 9.73. The van der Waals surface area contributed by atoms with Gasteiger partial charge in [0, 0.05) is 19.5 Å². The number of amides is 1. The summed E-state index contributed by atoms with van der Waals surface area (Å²) in [5, 5.41) is 5.53. The van der Waals surface area contributed by atoms with Crippen molar-refractivity contribution in [3.8, 4) is 0 Å². The van der Waals surface area contributed by atoms with Gasteiger partial charge in [-0.25, -0.2) is 4.39 Å². The number of ketones is 1. The van der Waals surface area contributed by atoms with Gasteiger partial charge in [0.1, 0.15) is 5.82 Å². The number of halogens is 2. The second-order valence-corrected chi connectivity index (χ2v) is 6.41. The minimum atomic E-state index is -0.714. The molecule has 0 aliphatic rings. The van der Waals surface area contributed by atoms with E-state index < -0.39 is 17.5 Å². The van der Waals surface area contributed by atoms with E-state index in [1.54, 1.807) is 0 Å². The van der Waals surface area contributed by atoms with Crippen LogP contribution in [0.5, 0.6) is 0 Å². The lowest BCUT2D eigenvalue weighted by Crippen LogP contribution is -2.32. The molecule has 7 heteroatoms. The molecule has 0 radical (unpaired) electrons. The molecule has 4 N–H and O–H groups in total. The highest BCUT2D eigenvalue weighted by Gasteiger charge is 2.15. The summed E-state index contributed by atoms with van der Waals surface area (Å²) in [5.74, 6) is -1.58. The molecule has 0 aliphatic heterocycles. The summed E-state index contributed by atoms with van der Waals surface area (Å²) in [4.78, 5) is 24.1. The highest BCUT2D eigenvalue weighted by Crippen LogP contribution is 2.16. The van der Waals surface area contributed by atoms with Gasteiger partial charge < -0.3 is 16.4 Å². The van der Waals surface area contributed by atoms with Crippen LogP contribution in [-0.4, -0.2) is 18.2 Å². The number of hydrogen-bond acceptors (Lipinski definition) is 4. The van der Waals surface area contributed by atoms with Crippen LogP contribution >= 0.6 is 11.6 Å². The van der Waals surface area contributed by atoms with Crippen molar-refractivity contribution in [2.75, 3.05) is 6.54 Å². The Morgan fingerprint density at radius 1 is 1.11 bits per heavy atom. The van der Waals surface area contributed by atoms with E-state index in [9.17, 15) is 14.0 Å². The third-order valence-electron chi connectivity index (χ3n) is 3.91. The maximum Gasteiger partial charge on any atom is 0.287 e. The average Bonchev–Trinajstić information content (AvgIpc) is 2.63. The van der Waals surface area contributed by atoms with Crippen molar-refractivity contribution >= 4 is 23.3 Å². The van der Waals surface area contributed by atoms with Crippen LogP contribution < -0.4 is 16.4 Å². The molecule has 0 saturated carbocycles. The van der Waals surface area contributed by atoms with Gasteiger partial charge in [0.25, 0.3) is 5.91 Å². The number of rotatable bonds is 9. The van der Waals surface area contributed by atoms with Gasteiger partial charge in [-0.1, -0.05) is 48.5 Å². The Morgan fingerprint density at radius 2 is 1.81 bits per heavy atom. The van der Waals surface area contributed by atoms with E-state index in [-0.39, 0.29) is 18.0 Å². The van der Waals surface area contributed by atoms with Crippen LogP contribution in [-0.2, 0) is 29.0 Å². The van der Waals surface area contributed by atoms with Gasteiger partial charge >= 0.3 is 0 Å². The van der Waals surface area contributed by atoms with Crippen LogP contribution in [0.2, 0.25) is 5.02 Å². The molecule has 0 atom stereocenters. The number of benzene rings is 2. The van der Waals surface area contributed by atoms with Crippen molar-refractivity contribution in [3.05, 3.63) is 82.4 Å². The molecule has 1 amide bonds. The zero-order valence-corrected chi connectivity index (χ0v) is 15.5. The van der Waals surface area contributed by atoms with Crippen LogP contribution in [0.1, 0.15) is 16.7 Å². The molecule has 2 aromatic rings. The van der Waals surface area contributed by atoms with E-state index in [4.69, 9.17) is 17.3 Å². The van der Waals surface area contributed by atoms with Crippen molar-refractivity contribution in [2.45, 2.75) is 19.4 Å². The predicted octanol–water partition coefficient (Wildman–Crippen LogP) is 2.47. The molecule has 2 aromatic carbocycles. The Morgan fingerprint density at radius 3 is 2.48 bits per heavy atom. The molecular formula is C20H21ClFN3O2. The van der Waals surface area contributed by atoms with Crippen LogP contribution in [0.15, 0.2) is 54.9 Å². The Hall–Kier alpha value is -2.86. The Balaban J connectivity index is 1.91. The van der Waals surface area contributed by atoms with Crippen LogP contribution in [0.3, 0.4) is 0 Å². The van der Waals surface area contributed by atoms with Gasteiger partial charge in [0.2, 0.25) is 5.78 Å². The fourth-order valence-corrected chi connectivity index (χ4v) is 2.64. The first-order valence-electron chi connectivity index (χ1n) is 8.37. The lowest BCUT2D eigenvalue weighted by atomic mass is 10.0. The number of nitrogens with two attached hydrogens (primary N) is 1. The SMILES string of the molecule is C=C(N)NCCc1ccccc1CNC(=O)C(=O)Cc1ccc(Cl)c(F)c1. The van der Waals surface area contributed by atoms with Gasteiger partial charge in [0.15, 0.2) is 0 Å². The molecular weight excluding hydrogens is 369 g/mol. The maximum atomic E-state index is 13.4. The minimum absolute atomic E-state index is 0.0278. The Bertz CT molecular complexity index is 855. The van der Waals surface area contributed by atoms with Gasteiger partial charge in [-0.2, -0.15) is 0 Å². The summed E-state index contributed by atoms with van der Waals surface area (Å²) in [6, 6.07) is 11.6. The maximum absolute atomic E-state index is 13.4. The van der Waals surface area contributed by atoms with E-state index in [1.807, 2.05) is 24.3 Å². The number of carbonyl (C=O) groups is 2. The van der Waals surface area contributed by atoms with Crippen LogP contribution in [0, 0.1) is 5.82 Å². The first-order valence-corrected chi connectivity index (χ1v) is 8.74. The lowest BCUT2D eigenvalue weighted by molar-refractivity contribution is -0.137. The van der Waals surface area contributed by atoms with E-state index >= 15 is 0 Å². The highest BCUT2D eigenvalue weighted by molar-refractivity contribution is 6.36. The van der Waals surface area contributed by atoms with Gasteiger partial charge in [0.05, 0.1) is 10.8 Å². The molecule has 0 fully saturated rings. The molecule has 5 nitrogen and oxygen atoms in total. The summed E-state index contributed by atoms with van der Waals surface area (Å²) in [7, 11) is 0. The first kappa shape index (κ1) is 20.5. The quantitative estimate of drug-likeness (QED) is 0.575. The topological polar surface area (TPSA) is 84.2 Å². The predicted molar refractivity (Wildman–Crippen MR) is 103 cm³/mol. The molecule has 0 bridgehead atoms. The van der Waals surface area contributed by atoms with Gasteiger partial charge in [-0.05, 0) is 35.2 Å². The van der Waals surface area contributed by atoms with Crippen LogP contribution in [0.25, 0.3) is 0 Å². The molecule has 0 aromatic heterocycles. The van der Waals surface area contributed by atoms with Gasteiger partial charge in [-0.3, -0.25) is 9.59 Å². The van der Waals surface area contributed by atoms with Crippen molar-refractivity contribution < 1.29 is 14.0 Å². The smallest absolute Gasteiger partial charge is 0.287 e. The van der Waals surface area contributed by atoms with E-state index in [0.29, 0.717) is 24.4 Å². The first-order chi connectivity index (χ1) is 12.9. The summed E-state index contributed by atoms with van der Waals surface area (Å²) in [6.45, 7) is 4.41. The van der Waals surface area contributed by atoms with Crippen molar-refractivity contribution in [2.24, 2.45) is 5.73 Å². The summed E-state index contributed by atoms with van der Waals surface area (Å²) in [5.41, 5.74) is 7.80. The third-order valence-corrected chi connectivity index (χ3v) is 4.21. The van der Waals surface area contributed by atoms with E-state index in [1.165, 1.54) is 12.1 Å². The largest absolute Gasteiger partial charge is 0.386 e. The fourth-order valence-electron chi connectivity index (χ4n) is 2.52. The number of carbonyl (C=O) groups excluding carboxylic acids is 2. The zero-order chi connectivity index (χ0) is 19.8. The van der Waals surface area contributed by atoms with E-state index in [0.717, 1.165) is 17.2 Å². The molecule has 0 spiro atoms. The number of hydrogen-bond donors (Lipinski definition) is 3. The van der Waals surface area contributed by atoms with Crippen molar-refractivity contribution in [1.29, 1.82) is 0 Å². The van der Waals surface area contributed by atoms with E-state index in [2.05, 4.69) is 17.2 Å². The Labute approximate surface area is 162 Å². The van der Waals surface area contributed by atoms with Crippen molar-refractivity contribution in [3.63, 3.8) is 0 Å². The lowest BCUT2D eigenvalue weighted by Gasteiger charge is -2.11. The zero-order valence-electron chi connectivity index (χ0n) is 14.7. The minimum Gasteiger partial charge on any atom is -0.386 e. The number of nitrogens with one attached hydrogen (secondary N) is 2. The van der Waals surface area contributed by atoms with Crippen molar-refractivity contribution in [1.82, 2.24) is 10.6 Å². The van der Waals surface area contributed by atoms with Crippen LogP contribution in [0.4, 0.5) is 4.39 Å². The molecule has 0 heterocycles. The molecule has 0 saturated heterocycles.